The minimum atomic E-state index is -0.465. The number of esters is 1. The number of amides is 1. The molecule has 0 unspecified atom stereocenters. The third-order valence-electron chi connectivity index (χ3n) is 5.25. The highest BCUT2D eigenvalue weighted by molar-refractivity contribution is 7.99. The van der Waals surface area contributed by atoms with Crippen molar-refractivity contribution in [2.45, 2.75) is 12.1 Å². The number of para-hydroxylation sites is 1. The number of hydrogen-bond donors (Lipinski definition) is 1. The molecule has 0 atom stereocenters. The summed E-state index contributed by atoms with van der Waals surface area (Å²) in [6, 6.07) is 18.9. The van der Waals surface area contributed by atoms with E-state index in [1.807, 2.05) is 0 Å². The second-order valence-corrected chi connectivity index (χ2v) is 8.78. The van der Waals surface area contributed by atoms with Gasteiger partial charge in [0, 0.05) is 6.92 Å². The number of ether oxygens (including phenoxy) is 3. The van der Waals surface area contributed by atoms with Gasteiger partial charge in [-0.25, -0.2) is 10.4 Å². The van der Waals surface area contributed by atoms with Crippen molar-refractivity contribution in [3.8, 4) is 22.9 Å². The van der Waals surface area contributed by atoms with Crippen LogP contribution in [0.1, 0.15) is 12.5 Å². The fourth-order valence-corrected chi connectivity index (χ4v) is 4.32. The van der Waals surface area contributed by atoms with Crippen LogP contribution in [-0.2, 0) is 9.59 Å². The van der Waals surface area contributed by atoms with Gasteiger partial charge in [0.1, 0.15) is 5.75 Å². The maximum atomic E-state index is 13.3. The van der Waals surface area contributed by atoms with Crippen LogP contribution in [0, 0.1) is 0 Å². The number of carbonyl (C=O) groups is 2. The number of hydrazone groups is 1. The number of hydrogen-bond acceptors (Lipinski definition) is 9. The number of rotatable bonds is 9. The largest absolute Gasteiger partial charge is 0.497 e. The summed E-state index contributed by atoms with van der Waals surface area (Å²) in [6.07, 6.45) is 1.43. The highest BCUT2D eigenvalue weighted by Gasteiger charge is 2.15. The summed E-state index contributed by atoms with van der Waals surface area (Å²) in [5, 5.41) is 4.82. The third-order valence-corrected chi connectivity index (χ3v) is 6.19. The average molecular weight is 533 g/mol. The van der Waals surface area contributed by atoms with Gasteiger partial charge in [-0.1, -0.05) is 23.9 Å². The maximum Gasteiger partial charge on any atom is 0.308 e. The summed E-state index contributed by atoms with van der Waals surface area (Å²) >= 11 is 1.12. The Kier molecular flexibility index (Phi) is 8.39. The number of benzene rings is 3. The molecule has 1 aromatic heterocycles. The zero-order valence-corrected chi connectivity index (χ0v) is 21.7. The second kappa shape index (κ2) is 12.1. The van der Waals surface area contributed by atoms with Gasteiger partial charge in [0.2, 0.25) is 0 Å². The van der Waals surface area contributed by atoms with E-state index < -0.39 is 11.9 Å². The van der Waals surface area contributed by atoms with Crippen molar-refractivity contribution < 1.29 is 23.8 Å². The molecule has 0 saturated carbocycles. The standard InChI is InChI=1S/C27H24N4O6S/c1-17(32)37-23-13-8-18(14-24(23)36-3)15-28-30-25(33)16-38-27-29-22-7-5-4-6-21(22)26(34)31(27)19-9-11-20(35-2)12-10-19/h4-15H,16H2,1-3H3,(H,30,33)/b28-15-. The molecule has 0 aliphatic rings. The lowest BCUT2D eigenvalue weighted by Crippen LogP contribution is -2.24. The van der Waals surface area contributed by atoms with Gasteiger partial charge >= 0.3 is 5.97 Å². The predicted molar refractivity (Wildman–Crippen MR) is 145 cm³/mol. The molecule has 4 aromatic rings. The van der Waals surface area contributed by atoms with Gasteiger partial charge in [0.05, 0.1) is 42.8 Å². The zero-order valence-electron chi connectivity index (χ0n) is 20.8. The van der Waals surface area contributed by atoms with Crippen molar-refractivity contribution in [2.75, 3.05) is 20.0 Å². The van der Waals surface area contributed by atoms with E-state index in [0.717, 1.165) is 11.8 Å². The molecule has 0 aliphatic heterocycles. The molecule has 0 radical (unpaired) electrons. The van der Waals surface area contributed by atoms with Crippen molar-refractivity contribution in [1.29, 1.82) is 0 Å². The zero-order chi connectivity index (χ0) is 27.1. The van der Waals surface area contributed by atoms with E-state index in [0.29, 0.717) is 38.8 Å². The van der Waals surface area contributed by atoms with E-state index in [1.165, 1.54) is 24.8 Å². The van der Waals surface area contributed by atoms with Gasteiger partial charge in [-0.2, -0.15) is 5.10 Å². The van der Waals surface area contributed by atoms with Crippen molar-refractivity contribution in [3.05, 3.63) is 82.6 Å². The van der Waals surface area contributed by atoms with Crippen LogP contribution in [-0.4, -0.2) is 47.6 Å². The first-order valence-corrected chi connectivity index (χ1v) is 12.4. The summed E-state index contributed by atoms with van der Waals surface area (Å²) in [4.78, 5) is 41.7. The molecule has 1 N–H and O–H groups in total. The molecule has 0 bridgehead atoms. The Morgan fingerprint density at radius 3 is 2.50 bits per heavy atom. The van der Waals surface area contributed by atoms with Gasteiger partial charge in [0.15, 0.2) is 16.7 Å². The van der Waals surface area contributed by atoms with Crippen LogP contribution in [0.3, 0.4) is 0 Å². The predicted octanol–water partition coefficient (Wildman–Crippen LogP) is 3.57. The Morgan fingerprint density at radius 2 is 1.79 bits per heavy atom. The average Bonchev–Trinajstić information content (AvgIpc) is 2.92. The molecule has 1 amide bonds. The summed E-state index contributed by atoms with van der Waals surface area (Å²) in [5.74, 6) is 0.396. The number of fused-ring (bicyclic) bond motifs is 1. The molecular weight excluding hydrogens is 508 g/mol. The lowest BCUT2D eigenvalue weighted by Gasteiger charge is -2.13. The van der Waals surface area contributed by atoms with Crippen LogP contribution in [0.2, 0.25) is 0 Å². The Morgan fingerprint density at radius 1 is 1.03 bits per heavy atom. The SMILES string of the molecule is COc1ccc(-n2c(SCC(=O)N/N=C\c3ccc(OC(C)=O)c(OC)c3)nc3ccccc3c2=O)cc1. The molecule has 0 saturated heterocycles. The van der Waals surface area contributed by atoms with Crippen molar-refractivity contribution in [2.24, 2.45) is 5.10 Å². The van der Waals surface area contributed by atoms with Gasteiger partial charge < -0.3 is 14.2 Å². The van der Waals surface area contributed by atoms with Gasteiger partial charge in [-0.3, -0.25) is 19.0 Å². The van der Waals surface area contributed by atoms with E-state index in [9.17, 15) is 14.4 Å². The molecule has 0 fully saturated rings. The normalized spacial score (nSPS) is 10.9. The number of aromatic nitrogens is 2. The van der Waals surface area contributed by atoms with Gasteiger partial charge in [-0.05, 0) is 60.2 Å². The Labute approximate surface area is 222 Å². The lowest BCUT2D eigenvalue weighted by molar-refractivity contribution is -0.132. The lowest BCUT2D eigenvalue weighted by atomic mass is 10.2. The molecule has 0 spiro atoms. The number of methoxy groups -OCH3 is 2. The summed E-state index contributed by atoms with van der Waals surface area (Å²) in [7, 11) is 3.02. The number of carbonyl (C=O) groups excluding carboxylic acids is 2. The fourth-order valence-electron chi connectivity index (χ4n) is 3.51. The summed E-state index contributed by atoms with van der Waals surface area (Å²) in [6.45, 7) is 1.30. The smallest absolute Gasteiger partial charge is 0.308 e. The van der Waals surface area contributed by atoms with E-state index in [-0.39, 0.29) is 17.1 Å². The van der Waals surface area contributed by atoms with E-state index in [1.54, 1.807) is 73.8 Å². The first kappa shape index (κ1) is 26.4. The van der Waals surface area contributed by atoms with Gasteiger partial charge in [0.25, 0.3) is 11.5 Å². The van der Waals surface area contributed by atoms with Crippen LogP contribution in [0.4, 0.5) is 0 Å². The van der Waals surface area contributed by atoms with E-state index >= 15 is 0 Å². The Balaban J connectivity index is 1.50. The molecular formula is C27H24N4O6S. The Hall–Kier alpha value is -4.64. The molecule has 194 valence electrons. The van der Waals surface area contributed by atoms with Crippen LogP contribution in [0.15, 0.2) is 81.8 Å². The van der Waals surface area contributed by atoms with Crippen LogP contribution < -0.4 is 25.2 Å². The summed E-state index contributed by atoms with van der Waals surface area (Å²) in [5.41, 5.74) is 3.98. The topological polar surface area (TPSA) is 121 Å². The molecule has 38 heavy (non-hydrogen) atoms. The molecule has 1 heterocycles. The first-order chi connectivity index (χ1) is 18.4. The third kappa shape index (κ3) is 6.19. The number of thioether (sulfide) groups is 1. The van der Waals surface area contributed by atoms with Crippen molar-refractivity contribution in [1.82, 2.24) is 15.0 Å². The second-order valence-electron chi connectivity index (χ2n) is 7.84. The molecule has 3 aromatic carbocycles. The maximum absolute atomic E-state index is 13.3. The quantitative estimate of drug-likeness (QED) is 0.0867. The summed E-state index contributed by atoms with van der Waals surface area (Å²) < 4.78 is 17.0. The first-order valence-electron chi connectivity index (χ1n) is 11.4. The minimum Gasteiger partial charge on any atom is -0.497 e. The van der Waals surface area contributed by atoms with E-state index in [2.05, 4.69) is 15.5 Å². The van der Waals surface area contributed by atoms with E-state index in [4.69, 9.17) is 14.2 Å². The van der Waals surface area contributed by atoms with Crippen LogP contribution in [0.25, 0.3) is 16.6 Å². The molecule has 10 nitrogen and oxygen atoms in total. The van der Waals surface area contributed by atoms with Crippen LogP contribution in [0.5, 0.6) is 17.2 Å². The fraction of sp³-hybridized carbons (Fsp3) is 0.148. The molecule has 4 rings (SSSR count). The monoisotopic (exact) mass is 532 g/mol. The highest BCUT2D eigenvalue weighted by atomic mass is 32.2. The van der Waals surface area contributed by atoms with Crippen molar-refractivity contribution in [3.63, 3.8) is 0 Å². The molecule has 11 heteroatoms. The highest BCUT2D eigenvalue weighted by Crippen LogP contribution is 2.27. The number of nitrogens with zero attached hydrogens (tertiary/aromatic N) is 3. The van der Waals surface area contributed by atoms with Gasteiger partial charge in [-0.15, -0.1) is 0 Å². The minimum absolute atomic E-state index is 0.0347. The molecule has 0 aliphatic carbocycles. The Bertz CT molecular complexity index is 1570. The van der Waals surface area contributed by atoms with Crippen molar-refractivity contribution >= 4 is 40.8 Å². The number of nitrogens with one attached hydrogen (secondary N) is 1. The van der Waals surface area contributed by atoms with Crippen LogP contribution >= 0.6 is 11.8 Å².